The van der Waals surface area contributed by atoms with Crippen molar-refractivity contribution in [1.29, 1.82) is 0 Å². The third-order valence-corrected chi connectivity index (χ3v) is 2.94. The molecule has 0 amide bonds. The molecule has 1 heterocycles. The molecule has 0 aliphatic heterocycles. The van der Waals surface area contributed by atoms with Gasteiger partial charge in [-0.1, -0.05) is 6.07 Å². The van der Waals surface area contributed by atoms with Crippen LogP contribution in [0.3, 0.4) is 0 Å². The van der Waals surface area contributed by atoms with Crippen molar-refractivity contribution in [2.75, 3.05) is 7.11 Å². The number of benzene rings is 2. The quantitative estimate of drug-likeness (QED) is 0.612. The summed E-state index contributed by atoms with van der Waals surface area (Å²) in [5.41, 5.74) is 1.85. The van der Waals surface area contributed by atoms with E-state index >= 15 is 0 Å². The Morgan fingerprint density at radius 2 is 1.89 bits per heavy atom. The molecule has 0 aliphatic carbocycles. The number of fused-ring (bicyclic) bond motifs is 2. The molecule has 0 spiro atoms. The summed E-state index contributed by atoms with van der Waals surface area (Å²) in [6, 6.07) is 10.5. The van der Waals surface area contributed by atoms with E-state index < -0.39 is 0 Å². The highest BCUT2D eigenvalue weighted by atomic mass is 16.5. The van der Waals surface area contributed by atoms with Gasteiger partial charge < -0.3 is 9.15 Å². The maximum absolute atomic E-state index is 12.3. The third kappa shape index (κ3) is 1.56. The van der Waals surface area contributed by atoms with Crippen LogP contribution in [-0.2, 0) is 0 Å². The Balaban J connectivity index is 2.48. The predicted molar refractivity (Wildman–Crippen MR) is 71.0 cm³/mol. The van der Waals surface area contributed by atoms with Gasteiger partial charge in [-0.3, -0.25) is 4.79 Å². The first kappa shape index (κ1) is 10.8. The summed E-state index contributed by atoms with van der Waals surface area (Å²) in [5, 5.41) is 1.11. The minimum absolute atomic E-state index is 0.0422. The average Bonchev–Trinajstić information content (AvgIpc) is 2.39. The average molecular weight is 239 g/mol. The normalized spacial score (nSPS) is 11.0. The Morgan fingerprint density at radius 3 is 2.67 bits per heavy atom. The molecular formula is C15H11O3. The van der Waals surface area contributed by atoms with Gasteiger partial charge in [0.1, 0.15) is 16.9 Å². The molecule has 1 radical (unpaired) electrons. The molecule has 0 N–H and O–H groups in total. The van der Waals surface area contributed by atoms with Crippen molar-refractivity contribution >= 4 is 21.9 Å². The van der Waals surface area contributed by atoms with Crippen LogP contribution in [0, 0.1) is 6.92 Å². The van der Waals surface area contributed by atoms with E-state index in [-0.39, 0.29) is 5.43 Å². The van der Waals surface area contributed by atoms with Crippen LogP contribution in [0.1, 0.15) is 5.56 Å². The molecule has 0 aliphatic rings. The number of methoxy groups -OCH3 is 1. The smallest absolute Gasteiger partial charge is 0.200 e. The Bertz CT molecular complexity index is 800. The predicted octanol–water partition coefficient (Wildman–Crippen LogP) is 3.14. The second-order valence-corrected chi connectivity index (χ2v) is 4.12. The number of hydrogen-bond acceptors (Lipinski definition) is 3. The minimum atomic E-state index is -0.0422. The molecule has 0 atom stereocenters. The van der Waals surface area contributed by atoms with Crippen molar-refractivity contribution in [3.63, 3.8) is 0 Å². The van der Waals surface area contributed by atoms with E-state index in [1.807, 2.05) is 6.07 Å². The van der Waals surface area contributed by atoms with Crippen LogP contribution < -0.4 is 10.2 Å². The van der Waals surface area contributed by atoms with Crippen molar-refractivity contribution in [3.05, 3.63) is 59.1 Å². The summed E-state index contributed by atoms with van der Waals surface area (Å²) in [4.78, 5) is 12.3. The Morgan fingerprint density at radius 1 is 1.06 bits per heavy atom. The zero-order valence-corrected chi connectivity index (χ0v) is 9.90. The SMILES string of the molecule is [CH2]c1ccc2oc3cc(OC)ccc3c(=O)c2c1. The van der Waals surface area contributed by atoms with Crippen LogP contribution in [-0.4, -0.2) is 7.11 Å². The van der Waals surface area contributed by atoms with Crippen molar-refractivity contribution in [3.8, 4) is 5.75 Å². The fourth-order valence-electron chi connectivity index (χ4n) is 2.01. The zero-order chi connectivity index (χ0) is 12.7. The number of rotatable bonds is 1. The molecule has 1 aromatic heterocycles. The topological polar surface area (TPSA) is 39.4 Å². The van der Waals surface area contributed by atoms with Crippen LogP contribution in [0.15, 0.2) is 45.6 Å². The lowest BCUT2D eigenvalue weighted by Gasteiger charge is -2.04. The fraction of sp³-hybridized carbons (Fsp3) is 0.0667. The molecule has 0 saturated carbocycles. The Hall–Kier alpha value is -2.29. The van der Waals surface area contributed by atoms with Gasteiger partial charge in [0.25, 0.3) is 0 Å². The Labute approximate surface area is 104 Å². The van der Waals surface area contributed by atoms with Gasteiger partial charge in [0.2, 0.25) is 5.43 Å². The highest BCUT2D eigenvalue weighted by Crippen LogP contribution is 2.23. The van der Waals surface area contributed by atoms with E-state index in [2.05, 4.69) is 6.92 Å². The molecule has 89 valence electrons. The molecule has 3 nitrogen and oxygen atoms in total. The summed E-state index contributed by atoms with van der Waals surface area (Å²) in [6.07, 6.45) is 0. The van der Waals surface area contributed by atoms with E-state index in [1.165, 1.54) is 0 Å². The molecular weight excluding hydrogens is 228 g/mol. The molecule has 0 bridgehead atoms. The summed E-state index contributed by atoms with van der Waals surface area (Å²) in [6.45, 7) is 3.82. The molecule has 2 aromatic carbocycles. The maximum atomic E-state index is 12.3. The minimum Gasteiger partial charge on any atom is -0.497 e. The van der Waals surface area contributed by atoms with Gasteiger partial charge in [-0.2, -0.15) is 0 Å². The van der Waals surface area contributed by atoms with E-state index in [0.717, 1.165) is 5.56 Å². The van der Waals surface area contributed by atoms with Crippen LogP contribution in [0.5, 0.6) is 5.75 Å². The van der Waals surface area contributed by atoms with Gasteiger partial charge in [0, 0.05) is 6.07 Å². The lowest BCUT2D eigenvalue weighted by Crippen LogP contribution is -2.02. The molecule has 18 heavy (non-hydrogen) atoms. The van der Waals surface area contributed by atoms with Gasteiger partial charge in [-0.25, -0.2) is 0 Å². The lowest BCUT2D eigenvalue weighted by molar-refractivity contribution is 0.414. The molecule has 0 saturated heterocycles. The highest BCUT2D eigenvalue weighted by molar-refractivity contribution is 5.90. The molecule has 3 heteroatoms. The first-order chi connectivity index (χ1) is 8.69. The van der Waals surface area contributed by atoms with E-state index in [9.17, 15) is 4.79 Å². The van der Waals surface area contributed by atoms with Crippen molar-refractivity contribution < 1.29 is 9.15 Å². The van der Waals surface area contributed by atoms with Gasteiger partial charge in [0.15, 0.2) is 0 Å². The van der Waals surface area contributed by atoms with Crippen LogP contribution in [0.2, 0.25) is 0 Å². The maximum Gasteiger partial charge on any atom is 0.200 e. The van der Waals surface area contributed by atoms with Crippen LogP contribution in [0.4, 0.5) is 0 Å². The first-order valence-corrected chi connectivity index (χ1v) is 5.55. The molecule has 3 rings (SSSR count). The summed E-state index contributed by atoms with van der Waals surface area (Å²) in [7, 11) is 1.58. The number of ether oxygens (including phenoxy) is 1. The second-order valence-electron chi connectivity index (χ2n) is 4.12. The zero-order valence-electron chi connectivity index (χ0n) is 9.90. The van der Waals surface area contributed by atoms with Crippen molar-refractivity contribution in [2.45, 2.75) is 0 Å². The van der Waals surface area contributed by atoms with Gasteiger partial charge in [0.05, 0.1) is 17.9 Å². The van der Waals surface area contributed by atoms with Crippen molar-refractivity contribution in [2.24, 2.45) is 0 Å². The standard InChI is InChI=1S/C15H11O3/c1-9-3-6-13-12(7-9)15(16)11-5-4-10(17-2)8-14(11)18-13/h3-8H,1H2,2H3. The summed E-state index contributed by atoms with van der Waals surface area (Å²) >= 11 is 0. The number of hydrogen-bond donors (Lipinski definition) is 0. The fourth-order valence-corrected chi connectivity index (χ4v) is 2.01. The van der Waals surface area contributed by atoms with Crippen molar-refractivity contribution in [1.82, 2.24) is 0 Å². The van der Waals surface area contributed by atoms with Gasteiger partial charge >= 0.3 is 0 Å². The molecule has 3 aromatic rings. The summed E-state index contributed by atoms with van der Waals surface area (Å²) < 4.78 is 10.8. The lowest BCUT2D eigenvalue weighted by atomic mass is 10.1. The van der Waals surface area contributed by atoms with E-state index in [0.29, 0.717) is 27.7 Å². The van der Waals surface area contributed by atoms with E-state index in [4.69, 9.17) is 9.15 Å². The summed E-state index contributed by atoms with van der Waals surface area (Å²) in [5.74, 6) is 0.666. The first-order valence-electron chi connectivity index (χ1n) is 5.55. The van der Waals surface area contributed by atoms with Gasteiger partial charge in [-0.15, -0.1) is 0 Å². The second kappa shape index (κ2) is 3.88. The van der Waals surface area contributed by atoms with E-state index in [1.54, 1.807) is 37.4 Å². The Kier molecular flexibility index (Phi) is 2.33. The third-order valence-electron chi connectivity index (χ3n) is 2.94. The van der Waals surface area contributed by atoms with Crippen LogP contribution >= 0.6 is 0 Å². The van der Waals surface area contributed by atoms with Crippen LogP contribution in [0.25, 0.3) is 21.9 Å². The molecule has 0 unspecified atom stereocenters. The largest absolute Gasteiger partial charge is 0.497 e. The monoisotopic (exact) mass is 239 g/mol. The van der Waals surface area contributed by atoms with Gasteiger partial charge in [-0.05, 0) is 36.8 Å². The highest BCUT2D eigenvalue weighted by Gasteiger charge is 2.08. The molecule has 0 fully saturated rings.